The fourth-order valence-corrected chi connectivity index (χ4v) is 3.35. The second-order valence-electron chi connectivity index (χ2n) is 7.18. The van der Waals surface area contributed by atoms with E-state index < -0.39 is 17.6 Å². The van der Waals surface area contributed by atoms with Crippen LogP contribution in [0, 0.1) is 11.6 Å². The molecule has 2 heterocycles. The SMILES string of the molecule is CCCCOc1ccc(-c2noc(C3CC(=O)N(c4cc(F)ccc4F)C3)n2)cc1. The summed E-state index contributed by atoms with van der Waals surface area (Å²) in [5, 5.41) is 4.00. The number of anilines is 1. The molecular weight excluding hydrogens is 392 g/mol. The number of carbonyl (C=O) groups is 1. The van der Waals surface area contributed by atoms with Gasteiger partial charge in [-0.1, -0.05) is 18.5 Å². The minimum absolute atomic E-state index is 0.0825. The van der Waals surface area contributed by atoms with Gasteiger partial charge in [-0.25, -0.2) is 8.78 Å². The van der Waals surface area contributed by atoms with E-state index in [9.17, 15) is 13.6 Å². The molecule has 156 valence electrons. The molecule has 30 heavy (non-hydrogen) atoms. The summed E-state index contributed by atoms with van der Waals surface area (Å²) in [7, 11) is 0. The van der Waals surface area contributed by atoms with Gasteiger partial charge in [0.05, 0.1) is 18.2 Å². The molecule has 0 N–H and O–H groups in total. The Morgan fingerprint density at radius 1 is 1.20 bits per heavy atom. The Balaban J connectivity index is 1.46. The molecule has 0 bridgehead atoms. The number of rotatable bonds is 7. The third-order valence-corrected chi connectivity index (χ3v) is 4.99. The van der Waals surface area contributed by atoms with Gasteiger partial charge in [-0.05, 0) is 42.8 Å². The lowest BCUT2D eigenvalue weighted by Gasteiger charge is -2.16. The molecule has 1 amide bonds. The van der Waals surface area contributed by atoms with Gasteiger partial charge in [-0.15, -0.1) is 0 Å². The zero-order valence-electron chi connectivity index (χ0n) is 16.5. The van der Waals surface area contributed by atoms with Gasteiger partial charge in [0.25, 0.3) is 0 Å². The fraction of sp³-hybridized carbons (Fsp3) is 0.318. The molecule has 0 radical (unpaired) electrons. The van der Waals surface area contributed by atoms with Crippen LogP contribution in [0.2, 0.25) is 0 Å². The highest BCUT2D eigenvalue weighted by atomic mass is 19.1. The first-order chi connectivity index (χ1) is 14.5. The van der Waals surface area contributed by atoms with Crippen LogP contribution in [-0.4, -0.2) is 29.2 Å². The Morgan fingerprint density at radius 2 is 2.00 bits per heavy atom. The highest BCUT2D eigenvalue weighted by molar-refractivity contribution is 5.96. The van der Waals surface area contributed by atoms with Crippen LogP contribution in [-0.2, 0) is 4.79 Å². The first-order valence-corrected chi connectivity index (χ1v) is 9.87. The molecule has 1 aliphatic heterocycles. The van der Waals surface area contributed by atoms with Crippen molar-refractivity contribution in [1.29, 1.82) is 0 Å². The number of aromatic nitrogens is 2. The molecule has 0 saturated carbocycles. The first kappa shape index (κ1) is 20.0. The summed E-state index contributed by atoms with van der Waals surface area (Å²) >= 11 is 0. The number of hydrogen-bond acceptors (Lipinski definition) is 5. The Hall–Kier alpha value is -3.29. The predicted octanol–water partition coefficient (Wildman–Crippen LogP) is 4.71. The highest BCUT2D eigenvalue weighted by Gasteiger charge is 2.36. The lowest BCUT2D eigenvalue weighted by molar-refractivity contribution is -0.117. The molecule has 3 aromatic rings. The third kappa shape index (κ3) is 4.17. The van der Waals surface area contributed by atoms with Gasteiger partial charge in [-0.2, -0.15) is 4.98 Å². The van der Waals surface area contributed by atoms with Crippen LogP contribution in [0.5, 0.6) is 5.75 Å². The second kappa shape index (κ2) is 8.61. The van der Waals surface area contributed by atoms with Gasteiger partial charge in [0, 0.05) is 24.6 Å². The number of carbonyl (C=O) groups excluding carboxylic acids is 1. The summed E-state index contributed by atoms with van der Waals surface area (Å²) in [5.41, 5.74) is 0.672. The Labute approximate surface area is 172 Å². The molecule has 0 aliphatic carbocycles. The van der Waals surface area contributed by atoms with Crippen LogP contribution in [0.25, 0.3) is 11.4 Å². The minimum atomic E-state index is -0.655. The van der Waals surface area contributed by atoms with Crippen molar-refractivity contribution in [3.8, 4) is 17.1 Å². The van der Waals surface area contributed by atoms with E-state index in [1.165, 1.54) is 4.90 Å². The summed E-state index contributed by atoms with van der Waals surface area (Å²) in [5.74, 6) is -0.516. The number of nitrogens with zero attached hydrogens (tertiary/aromatic N) is 3. The van der Waals surface area contributed by atoms with E-state index >= 15 is 0 Å². The van der Waals surface area contributed by atoms with Crippen molar-refractivity contribution < 1.29 is 22.8 Å². The molecule has 6 nitrogen and oxygen atoms in total. The smallest absolute Gasteiger partial charge is 0.232 e. The number of unbranched alkanes of at least 4 members (excludes halogenated alkanes) is 1. The molecule has 1 saturated heterocycles. The van der Waals surface area contributed by atoms with Gasteiger partial charge in [0.2, 0.25) is 17.6 Å². The lowest BCUT2D eigenvalue weighted by Crippen LogP contribution is -2.25. The number of halogens is 2. The second-order valence-corrected chi connectivity index (χ2v) is 7.18. The molecule has 2 aromatic carbocycles. The van der Waals surface area contributed by atoms with Gasteiger partial charge in [0.1, 0.15) is 17.4 Å². The quantitative estimate of drug-likeness (QED) is 0.525. The molecule has 1 aromatic heterocycles. The van der Waals surface area contributed by atoms with Crippen LogP contribution in [0.1, 0.15) is 38.0 Å². The monoisotopic (exact) mass is 413 g/mol. The average Bonchev–Trinajstić information content (AvgIpc) is 3.38. The Kier molecular flexibility index (Phi) is 5.74. The van der Waals surface area contributed by atoms with Crippen molar-refractivity contribution >= 4 is 11.6 Å². The van der Waals surface area contributed by atoms with Gasteiger partial charge in [0.15, 0.2) is 0 Å². The molecule has 1 atom stereocenters. The number of hydrogen-bond donors (Lipinski definition) is 0. The van der Waals surface area contributed by atoms with Crippen LogP contribution in [0.15, 0.2) is 47.0 Å². The van der Waals surface area contributed by atoms with Crippen molar-refractivity contribution in [1.82, 2.24) is 10.1 Å². The topological polar surface area (TPSA) is 68.5 Å². The van der Waals surface area contributed by atoms with Crippen molar-refractivity contribution in [3.05, 3.63) is 60.0 Å². The Morgan fingerprint density at radius 3 is 2.77 bits per heavy atom. The van der Waals surface area contributed by atoms with Crippen LogP contribution in [0.3, 0.4) is 0 Å². The summed E-state index contributed by atoms with van der Waals surface area (Å²) < 4.78 is 38.6. The van der Waals surface area contributed by atoms with E-state index in [4.69, 9.17) is 9.26 Å². The van der Waals surface area contributed by atoms with Gasteiger partial charge >= 0.3 is 0 Å². The molecule has 8 heteroatoms. The number of amides is 1. The maximum Gasteiger partial charge on any atom is 0.232 e. The van der Waals surface area contributed by atoms with Gasteiger partial charge < -0.3 is 14.2 Å². The normalized spacial score (nSPS) is 16.3. The van der Waals surface area contributed by atoms with Crippen LogP contribution < -0.4 is 9.64 Å². The third-order valence-electron chi connectivity index (χ3n) is 4.99. The standard InChI is InChI=1S/C22H21F2N3O3/c1-2-3-10-29-17-7-4-14(5-8-17)21-25-22(30-26-21)15-11-20(28)27(13-15)19-12-16(23)6-9-18(19)24/h4-9,12,15H,2-3,10-11,13H2,1H3. The molecule has 1 unspecified atom stereocenters. The van der Waals surface area contributed by atoms with E-state index in [1.54, 1.807) is 0 Å². The van der Waals surface area contributed by atoms with E-state index in [2.05, 4.69) is 17.1 Å². The average molecular weight is 413 g/mol. The Bertz CT molecular complexity index is 1040. The van der Waals surface area contributed by atoms with Crippen LogP contribution in [0.4, 0.5) is 14.5 Å². The number of benzene rings is 2. The van der Waals surface area contributed by atoms with Gasteiger partial charge in [-0.3, -0.25) is 4.79 Å². The van der Waals surface area contributed by atoms with E-state index in [0.717, 1.165) is 42.4 Å². The predicted molar refractivity (Wildman–Crippen MR) is 106 cm³/mol. The molecule has 4 rings (SSSR count). The summed E-state index contributed by atoms with van der Waals surface area (Å²) in [6.07, 6.45) is 2.14. The summed E-state index contributed by atoms with van der Waals surface area (Å²) in [4.78, 5) is 18.0. The maximum atomic E-state index is 14.1. The number of ether oxygens (including phenoxy) is 1. The summed E-state index contributed by atoms with van der Waals surface area (Å²) in [6, 6.07) is 10.4. The summed E-state index contributed by atoms with van der Waals surface area (Å²) in [6.45, 7) is 2.91. The first-order valence-electron chi connectivity index (χ1n) is 9.87. The molecular formula is C22H21F2N3O3. The minimum Gasteiger partial charge on any atom is -0.494 e. The van der Waals surface area contributed by atoms with Crippen molar-refractivity contribution in [2.24, 2.45) is 0 Å². The zero-order chi connectivity index (χ0) is 21.1. The largest absolute Gasteiger partial charge is 0.494 e. The van der Waals surface area contributed by atoms with Crippen molar-refractivity contribution in [2.45, 2.75) is 32.1 Å². The van der Waals surface area contributed by atoms with E-state index in [1.807, 2.05) is 24.3 Å². The lowest BCUT2D eigenvalue weighted by atomic mass is 10.1. The van der Waals surface area contributed by atoms with Crippen LogP contribution >= 0.6 is 0 Å². The van der Waals surface area contributed by atoms with E-state index in [-0.39, 0.29) is 24.6 Å². The zero-order valence-corrected chi connectivity index (χ0v) is 16.5. The highest BCUT2D eigenvalue weighted by Crippen LogP contribution is 2.33. The maximum absolute atomic E-state index is 14.1. The molecule has 0 spiro atoms. The van der Waals surface area contributed by atoms with Crippen molar-refractivity contribution in [3.63, 3.8) is 0 Å². The van der Waals surface area contributed by atoms with Crippen molar-refractivity contribution in [2.75, 3.05) is 18.1 Å². The van der Waals surface area contributed by atoms with E-state index in [0.29, 0.717) is 18.3 Å². The molecule has 1 aliphatic rings. The fourth-order valence-electron chi connectivity index (χ4n) is 3.35. The molecule has 1 fully saturated rings.